The number of benzene rings is 2. The Bertz CT molecular complexity index is 892. The summed E-state index contributed by atoms with van der Waals surface area (Å²) in [6.07, 6.45) is 1.10. The first-order chi connectivity index (χ1) is 13.3. The van der Waals surface area contributed by atoms with Crippen LogP contribution in [0.25, 0.3) is 0 Å². The molecule has 2 aromatic carbocycles. The second-order valence-electron chi connectivity index (χ2n) is 7.87. The van der Waals surface area contributed by atoms with Gasteiger partial charge in [-0.25, -0.2) is 0 Å². The summed E-state index contributed by atoms with van der Waals surface area (Å²) < 4.78 is 0. The molecule has 2 aromatic rings. The predicted molar refractivity (Wildman–Crippen MR) is 109 cm³/mol. The SMILES string of the molecule is CC(C)c1cccc(NC(=O)C2C(=O)NC(C)(CCc3ccccc3)C2=O)c1. The Kier molecular flexibility index (Phi) is 5.63. The molecule has 0 aliphatic carbocycles. The number of Topliss-reactive ketones (excluding diaryl/α,β-unsaturated/α-hetero) is 1. The summed E-state index contributed by atoms with van der Waals surface area (Å²) in [5.74, 6) is -2.48. The number of rotatable bonds is 6. The maximum atomic E-state index is 12.9. The Morgan fingerprint density at radius 3 is 2.50 bits per heavy atom. The van der Waals surface area contributed by atoms with Gasteiger partial charge in [0.05, 0.1) is 5.54 Å². The third-order valence-corrected chi connectivity index (χ3v) is 5.31. The van der Waals surface area contributed by atoms with E-state index >= 15 is 0 Å². The van der Waals surface area contributed by atoms with Gasteiger partial charge in [-0.05, 0) is 48.9 Å². The molecule has 0 radical (unpaired) electrons. The summed E-state index contributed by atoms with van der Waals surface area (Å²) in [6.45, 7) is 5.82. The molecule has 0 spiro atoms. The van der Waals surface area contributed by atoms with Crippen molar-refractivity contribution in [3.63, 3.8) is 0 Å². The first-order valence-electron chi connectivity index (χ1n) is 9.61. The molecule has 0 aromatic heterocycles. The van der Waals surface area contributed by atoms with Crippen molar-refractivity contribution >= 4 is 23.3 Å². The van der Waals surface area contributed by atoms with Gasteiger partial charge >= 0.3 is 0 Å². The molecule has 2 unspecified atom stereocenters. The lowest BCUT2D eigenvalue weighted by atomic mass is 9.87. The van der Waals surface area contributed by atoms with Gasteiger partial charge in [0, 0.05) is 5.69 Å². The molecule has 5 heteroatoms. The van der Waals surface area contributed by atoms with Crippen LogP contribution in [-0.2, 0) is 20.8 Å². The summed E-state index contributed by atoms with van der Waals surface area (Å²) in [5.41, 5.74) is 1.72. The van der Waals surface area contributed by atoms with Crippen LogP contribution in [0.15, 0.2) is 54.6 Å². The highest BCUT2D eigenvalue weighted by atomic mass is 16.2. The first kappa shape index (κ1) is 19.8. The lowest BCUT2D eigenvalue weighted by Crippen LogP contribution is -2.44. The second kappa shape index (κ2) is 7.97. The monoisotopic (exact) mass is 378 g/mol. The molecular weight excluding hydrogens is 352 g/mol. The Morgan fingerprint density at radius 1 is 1.11 bits per heavy atom. The fraction of sp³-hybridized carbons (Fsp3) is 0.348. The number of ketones is 1. The van der Waals surface area contributed by atoms with Crippen molar-refractivity contribution in [3.8, 4) is 0 Å². The summed E-state index contributed by atoms with van der Waals surface area (Å²) in [6, 6.07) is 17.2. The molecule has 28 heavy (non-hydrogen) atoms. The van der Waals surface area contributed by atoms with Crippen LogP contribution in [0.2, 0.25) is 0 Å². The van der Waals surface area contributed by atoms with E-state index < -0.39 is 23.3 Å². The van der Waals surface area contributed by atoms with Crippen LogP contribution in [0.1, 0.15) is 44.2 Å². The summed E-state index contributed by atoms with van der Waals surface area (Å²) in [7, 11) is 0. The predicted octanol–water partition coefficient (Wildman–Crippen LogP) is 3.46. The third kappa shape index (κ3) is 4.14. The maximum absolute atomic E-state index is 12.9. The molecule has 0 bridgehead atoms. The Morgan fingerprint density at radius 2 is 1.82 bits per heavy atom. The zero-order chi connectivity index (χ0) is 20.3. The largest absolute Gasteiger partial charge is 0.343 e. The molecule has 1 heterocycles. The number of hydrogen-bond acceptors (Lipinski definition) is 3. The normalized spacial score (nSPS) is 21.6. The first-order valence-corrected chi connectivity index (χ1v) is 9.61. The Balaban J connectivity index is 1.70. The molecule has 2 atom stereocenters. The zero-order valence-electron chi connectivity index (χ0n) is 16.5. The van der Waals surface area contributed by atoms with E-state index in [1.165, 1.54) is 0 Å². The van der Waals surface area contributed by atoms with Crippen LogP contribution in [0.4, 0.5) is 5.69 Å². The van der Waals surface area contributed by atoms with E-state index in [-0.39, 0.29) is 5.78 Å². The van der Waals surface area contributed by atoms with E-state index in [1.807, 2.05) is 48.5 Å². The molecule has 1 fully saturated rings. The number of nitrogens with one attached hydrogen (secondary N) is 2. The summed E-state index contributed by atoms with van der Waals surface area (Å²) >= 11 is 0. The highest BCUT2D eigenvalue weighted by Gasteiger charge is 2.52. The average molecular weight is 378 g/mol. The van der Waals surface area contributed by atoms with Gasteiger partial charge in [0.1, 0.15) is 0 Å². The molecule has 0 saturated carbocycles. The zero-order valence-corrected chi connectivity index (χ0v) is 16.5. The molecule has 1 saturated heterocycles. The van der Waals surface area contributed by atoms with Gasteiger partial charge in [-0.2, -0.15) is 0 Å². The standard InChI is InChI=1S/C23H26N2O3/c1-15(2)17-10-7-11-18(14-17)24-21(27)19-20(26)23(3,25-22(19)28)13-12-16-8-5-4-6-9-16/h4-11,14-15,19H,12-13H2,1-3H3,(H,24,27)(H,25,28). The fourth-order valence-corrected chi connectivity index (χ4v) is 3.50. The van der Waals surface area contributed by atoms with Crippen molar-refractivity contribution in [2.45, 2.75) is 45.1 Å². The highest BCUT2D eigenvalue weighted by molar-refractivity contribution is 6.27. The van der Waals surface area contributed by atoms with Crippen molar-refractivity contribution in [1.82, 2.24) is 5.32 Å². The number of carbonyl (C=O) groups excluding carboxylic acids is 3. The number of hydrogen-bond donors (Lipinski definition) is 2. The molecule has 5 nitrogen and oxygen atoms in total. The van der Waals surface area contributed by atoms with Crippen molar-refractivity contribution < 1.29 is 14.4 Å². The van der Waals surface area contributed by atoms with Crippen molar-refractivity contribution in [2.24, 2.45) is 5.92 Å². The van der Waals surface area contributed by atoms with E-state index in [1.54, 1.807) is 13.0 Å². The van der Waals surface area contributed by atoms with Crippen LogP contribution in [0.5, 0.6) is 0 Å². The van der Waals surface area contributed by atoms with Crippen molar-refractivity contribution in [2.75, 3.05) is 5.32 Å². The lowest BCUT2D eigenvalue weighted by molar-refractivity contribution is -0.135. The van der Waals surface area contributed by atoms with Gasteiger partial charge < -0.3 is 10.6 Å². The summed E-state index contributed by atoms with van der Waals surface area (Å²) in [4.78, 5) is 38.0. The number of amides is 2. The van der Waals surface area contributed by atoms with E-state index in [0.717, 1.165) is 11.1 Å². The minimum absolute atomic E-state index is 0.314. The van der Waals surface area contributed by atoms with Crippen LogP contribution in [0.3, 0.4) is 0 Å². The Labute approximate surface area is 165 Å². The van der Waals surface area contributed by atoms with E-state index in [4.69, 9.17) is 0 Å². The number of anilines is 1. The molecule has 1 aliphatic rings. The molecule has 3 rings (SSSR count). The summed E-state index contributed by atoms with van der Waals surface area (Å²) in [5, 5.41) is 5.48. The average Bonchev–Trinajstić information content (AvgIpc) is 2.90. The van der Waals surface area contributed by atoms with Crippen LogP contribution >= 0.6 is 0 Å². The van der Waals surface area contributed by atoms with Gasteiger partial charge in [0.2, 0.25) is 11.8 Å². The topological polar surface area (TPSA) is 75.3 Å². The van der Waals surface area contributed by atoms with Gasteiger partial charge in [-0.3, -0.25) is 14.4 Å². The van der Waals surface area contributed by atoms with E-state index in [9.17, 15) is 14.4 Å². The highest BCUT2D eigenvalue weighted by Crippen LogP contribution is 2.27. The minimum Gasteiger partial charge on any atom is -0.343 e. The van der Waals surface area contributed by atoms with Crippen LogP contribution in [-0.4, -0.2) is 23.1 Å². The van der Waals surface area contributed by atoms with Gasteiger partial charge in [-0.15, -0.1) is 0 Å². The fourth-order valence-electron chi connectivity index (χ4n) is 3.50. The van der Waals surface area contributed by atoms with Gasteiger partial charge in [0.15, 0.2) is 11.7 Å². The molecular formula is C23H26N2O3. The van der Waals surface area contributed by atoms with Gasteiger partial charge in [0.25, 0.3) is 0 Å². The van der Waals surface area contributed by atoms with Crippen LogP contribution in [0, 0.1) is 5.92 Å². The second-order valence-corrected chi connectivity index (χ2v) is 7.87. The smallest absolute Gasteiger partial charge is 0.244 e. The quantitative estimate of drug-likeness (QED) is 0.756. The number of carbonyl (C=O) groups is 3. The Hall–Kier alpha value is -2.95. The molecule has 1 aliphatic heterocycles. The minimum atomic E-state index is -1.32. The third-order valence-electron chi connectivity index (χ3n) is 5.31. The maximum Gasteiger partial charge on any atom is 0.244 e. The van der Waals surface area contributed by atoms with Crippen molar-refractivity contribution in [1.29, 1.82) is 0 Å². The van der Waals surface area contributed by atoms with E-state index in [0.29, 0.717) is 24.4 Å². The lowest BCUT2D eigenvalue weighted by Gasteiger charge is -2.22. The molecule has 2 N–H and O–H groups in total. The van der Waals surface area contributed by atoms with E-state index in [2.05, 4.69) is 24.5 Å². The number of aryl methyl sites for hydroxylation is 1. The van der Waals surface area contributed by atoms with Crippen molar-refractivity contribution in [3.05, 3.63) is 65.7 Å². The van der Waals surface area contributed by atoms with Gasteiger partial charge in [-0.1, -0.05) is 56.3 Å². The molecule has 2 amide bonds. The molecule has 146 valence electrons. The van der Waals surface area contributed by atoms with Crippen LogP contribution < -0.4 is 10.6 Å².